The molecule has 12 N–H and O–H groups in total. The highest BCUT2D eigenvalue weighted by Gasteiger charge is 2.32. The van der Waals surface area contributed by atoms with Crippen molar-refractivity contribution in [3.63, 3.8) is 0 Å². The summed E-state index contributed by atoms with van der Waals surface area (Å²) in [5.41, 5.74) is 9.86. The Morgan fingerprint density at radius 2 is 1.45 bits per heavy atom. The van der Waals surface area contributed by atoms with Crippen LogP contribution in [0.2, 0.25) is 0 Å². The van der Waals surface area contributed by atoms with Crippen LogP contribution in [0.5, 0.6) is 5.75 Å². The van der Waals surface area contributed by atoms with E-state index in [1.807, 2.05) is 42.5 Å². The molecule has 8 rings (SSSR count). The maximum Gasteiger partial charge on any atom is 0.336 e. The summed E-state index contributed by atoms with van der Waals surface area (Å²) in [5.74, 6) is -3.07. The fourth-order valence-corrected chi connectivity index (χ4v) is 8.76. The average molecular weight is 1000 g/mol. The predicted octanol–water partition coefficient (Wildman–Crippen LogP) is 4.72. The van der Waals surface area contributed by atoms with E-state index in [0.29, 0.717) is 35.2 Å². The number of phenols is 1. The molecule has 2 aromatic heterocycles. The minimum absolute atomic E-state index is 0.0358. The maximum atomic E-state index is 14.4. The summed E-state index contributed by atoms with van der Waals surface area (Å²) in [6.07, 6.45) is 6.02. The van der Waals surface area contributed by atoms with Crippen LogP contribution < -0.4 is 43.1 Å². The van der Waals surface area contributed by atoms with Gasteiger partial charge in [0.05, 0.1) is 11.6 Å². The second-order valence-corrected chi connectivity index (χ2v) is 17.7. The summed E-state index contributed by atoms with van der Waals surface area (Å²) in [6, 6.07) is 24.4. The Bertz CT molecular complexity index is 3360. The van der Waals surface area contributed by atoms with Crippen molar-refractivity contribution in [1.29, 1.82) is 0 Å². The summed E-state index contributed by atoms with van der Waals surface area (Å²) >= 11 is 0. The zero-order valence-corrected chi connectivity index (χ0v) is 40.1. The monoisotopic (exact) mass is 1000 g/mol. The molecule has 6 amide bonds. The molecule has 4 aromatic carbocycles. The van der Waals surface area contributed by atoms with Crippen molar-refractivity contribution in [1.82, 2.24) is 41.5 Å². The number of urea groups is 1. The smallest absolute Gasteiger partial charge is 0.336 e. The number of carbonyl (C=O) groups is 6. The number of rotatable bonds is 21. The summed E-state index contributed by atoms with van der Waals surface area (Å²) in [6.45, 7) is 0.169. The van der Waals surface area contributed by atoms with E-state index in [0.717, 1.165) is 22.0 Å². The molecule has 0 spiro atoms. The first-order valence-electron chi connectivity index (χ1n) is 23.8. The molecule has 2 aliphatic rings. The number of aromatic carboxylic acids is 1. The van der Waals surface area contributed by atoms with Gasteiger partial charge in [0.25, 0.3) is 0 Å². The predicted molar refractivity (Wildman–Crippen MR) is 276 cm³/mol. The quantitative estimate of drug-likeness (QED) is 0.0344. The maximum absolute atomic E-state index is 14.4. The average Bonchev–Trinajstić information content (AvgIpc) is 4.07. The van der Waals surface area contributed by atoms with Gasteiger partial charge in [-0.3, -0.25) is 24.0 Å². The number of aromatic hydroxyl groups is 1. The lowest BCUT2D eigenvalue weighted by Gasteiger charge is -2.26. The van der Waals surface area contributed by atoms with Gasteiger partial charge >= 0.3 is 12.0 Å². The van der Waals surface area contributed by atoms with E-state index in [1.54, 1.807) is 48.8 Å². The molecular weight excluding hydrogens is 949 g/mol. The third kappa shape index (κ3) is 12.4. The van der Waals surface area contributed by atoms with Crippen LogP contribution in [0, 0.1) is 0 Å². The van der Waals surface area contributed by atoms with Gasteiger partial charge in [-0.15, -0.1) is 0 Å². The van der Waals surface area contributed by atoms with Crippen molar-refractivity contribution in [2.45, 2.75) is 62.7 Å². The van der Waals surface area contributed by atoms with Crippen LogP contribution in [-0.4, -0.2) is 98.6 Å². The largest absolute Gasteiger partial charge is 0.508 e. The molecule has 0 bridgehead atoms. The number of carbonyl (C=O) groups excluding carboxylic acids is 5. The molecule has 0 unspecified atom stereocenters. The fraction of sp³-hybridized carbons (Fsp3) is 0.222. The Hall–Kier alpha value is -9.30. The van der Waals surface area contributed by atoms with Crippen LogP contribution in [0.15, 0.2) is 137 Å². The number of carboxylic acid groups (broad SMARTS) is 1. The van der Waals surface area contributed by atoms with Gasteiger partial charge in [0, 0.05) is 96.7 Å². The molecule has 1 aliphatic heterocycles. The van der Waals surface area contributed by atoms with Gasteiger partial charge in [-0.25, -0.2) is 14.6 Å². The minimum Gasteiger partial charge on any atom is -0.508 e. The highest BCUT2D eigenvalue weighted by Crippen LogP contribution is 2.42. The first-order valence-corrected chi connectivity index (χ1v) is 23.8. The first-order chi connectivity index (χ1) is 35.7. The van der Waals surface area contributed by atoms with Crippen LogP contribution in [0.25, 0.3) is 44.3 Å². The lowest BCUT2D eigenvalue weighted by molar-refractivity contribution is -0.133. The molecule has 4 atom stereocenters. The van der Waals surface area contributed by atoms with Gasteiger partial charge in [0.15, 0.2) is 5.43 Å². The summed E-state index contributed by atoms with van der Waals surface area (Å²) in [4.78, 5) is 103. The number of nitrogens with one attached hydrogen (secondary N) is 8. The SMILES string of the molecule is CNC(=O)[C@H](Cc1ncc[nH]1)NC(=O)[C@H](Cc1ccccc1)NC(=O)[C@H](Cc1c[nH]c2ccccc12)NC(=O)[C@H](N)CCCCNC(=O)Nc1ccc(-c2c3ccc(=O)cc-3oc3cc(O)ccc23)c(C(=O)O)c1. The molecule has 6 aromatic rings. The second-order valence-electron chi connectivity index (χ2n) is 17.7. The number of phenolic OH excluding ortho intramolecular Hbond substituents is 1. The van der Waals surface area contributed by atoms with Crippen molar-refractivity contribution in [3.8, 4) is 28.2 Å². The van der Waals surface area contributed by atoms with E-state index >= 15 is 0 Å². The Labute approximate surface area is 422 Å². The Morgan fingerprint density at radius 3 is 2.19 bits per heavy atom. The number of hydrogen-bond acceptors (Lipinski definition) is 11. The van der Waals surface area contributed by atoms with Crippen molar-refractivity contribution in [3.05, 3.63) is 161 Å². The molecule has 3 heterocycles. The molecule has 74 heavy (non-hydrogen) atoms. The lowest BCUT2D eigenvalue weighted by Crippen LogP contribution is -2.59. The molecule has 20 heteroatoms. The number of aromatic amines is 2. The standard InChI is InChI=1S/C54H54N10O10/c1-56-50(68)44(28-47-57-21-22-58-47)64-51(69)42(23-30-9-3-2-4-10-30)63-52(70)43(24-31-29-60-41-13-6-5-11-35(31)41)62-49(67)40(55)12-7-8-20-59-54(73)61-32-14-17-36(39(25-32)53(71)72)48-37-18-15-33(65)26-45(37)74-46-27-34(66)16-19-38(46)48/h2-6,9-11,13-19,21-22,25-27,29,40,42-44,60,65H,7-8,12,20,23-24,28,55H2,1H3,(H,56,68)(H,57,58)(H,62,67)(H,63,70)(H,64,69)(H,71,72)(H2,59,61,73)/t40-,42+,43+,44+/m1/s1. The summed E-state index contributed by atoms with van der Waals surface area (Å²) in [5, 5.41) is 38.2. The Kier molecular flexibility index (Phi) is 16.1. The van der Waals surface area contributed by atoms with E-state index in [9.17, 15) is 43.8 Å². The summed E-state index contributed by atoms with van der Waals surface area (Å²) < 4.78 is 5.90. The number of likely N-dealkylation sites (N-methyl/N-ethyl adjacent to an activating group) is 1. The van der Waals surface area contributed by atoms with Crippen molar-refractivity contribution in [2.24, 2.45) is 5.73 Å². The highest BCUT2D eigenvalue weighted by molar-refractivity contribution is 6.08. The number of imidazole rings is 1. The molecule has 0 fully saturated rings. The van der Waals surface area contributed by atoms with Crippen molar-refractivity contribution >= 4 is 63.2 Å². The van der Waals surface area contributed by atoms with Crippen LogP contribution in [0.1, 0.15) is 46.6 Å². The normalized spacial score (nSPS) is 12.8. The van der Waals surface area contributed by atoms with Gasteiger partial charge < -0.3 is 62.2 Å². The minimum atomic E-state index is -1.28. The summed E-state index contributed by atoms with van der Waals surface area (Å²) in [7, 11) is 1.45. The van der Waals surface area contributed by atoms with E-state index < -0.39 is 59.8 Å². The Balaban J connectivity index is 0.900. The van der Waals surface area contributed by atoms with Gasteiger partial charge in [-0.1, -0.05) is 54.6 Å². The number of anilines is 1. The molecule has 0 saturated heterocycles. The van der Waals surface area contributed by atoms with Crippen LogP contribution in [-0.2, 0) is 38.4 Å². The number of aromatic nitrogens is 3. The molecular formula is C54H54N10O10. The number of unbranched alkanes of at least 4 members (excludes halogenated alkanes) is 1. The molecule has 0 saturated carbocycles. The van der Waals surface area contributed by atoms with Gasteiger partial charge in [-0.2, -0.15) is 0 Å². The number of carboxylic acids is 1. The number of hydrogen-bond donors (Lipinski definition) is 11. The van der Waals surface area contributed by atoms with Crippen LogP contribution in [0.4, 0.5) is 10.5 Å². The molecule has 0 radical (unpaired) electrons. The van der Waals surface area contributed by atoms with E-state index in [2.05, 4.69) is 46.9 Å². The van der Waals surface area contributed by atoms with Crippen LogP contribution >= 0.6 is 0 Å². The molecule has 20 nitrogen and oxygen atoms in total. The van der Waals surface area contributed by atoms with E-state index in [4.69, 9.17) is 10.2 Å². The topological polar surface area (TPSA) is 316 Å². The fourth-order valence-electron chi connectivity index (χ4n) is 8.76. The number of nitrogens with zero attached hydrogens (tertiary/aromatic N) is 1. The third-order valence-corrected chi connectivity index (χ3v) is 12.5. The van der Waals surface area contributed by atoms with Gasteiger partial charge in [0.2, 0.25) is 23.6 Å². The third-order valence-electron chi connectivity index (χ3n) is 12.5. The number of H-pyrrole nitrogens is 2. The number of benzene rings is 5. The lowest BCUT2D eigenvalue weighted by atomic mass is 9.90. The number of fused-ring (bicyclic) bond motifs is 3. The molecule has 1 aliphatic carbocycles. The van der Waals surface area contributed by atoms with E-state index in [-0.39, 0.29) is 71.6 Å². The van der Waals surface area contributed by atoms with Gasteiger partial charge in [-0.05, 0) is 78.4 Å². The zero-order chi connectivity index (χ0) is 52.3. The first kappa shape index (κ1) is 51.1. The molecule has 380 valence electrons. The van der Waals surface area contributed by atoms with Crippen molar-refractivity contribution in [2.75, 3.05) is 18.9 Å². The zero-order valence-electron chi connectivity index (χ0n) is 40.1. The Morgan fingerprint density at radius 1 is 0.730 bits per heavy atom. The van der Waals surface area contributed by atoms with E-state index in [1.165, 1.54) is 43.6 Å². The van der Waals surface area contributed by atoms with Crippen molar-refractivity contribution < 1.29 is 43.4 Å². The second kappa shape index (κ2) is 23.3. The number of nitrogens with two attached hydrogens (primary N) is 1. The van der Waals surface area contributed by atoms with Crippen LogP contribution in [0.3, 0.4) is 0 Å². The van der Waals surface area contributed by atoms with Gasteiger partial charge in [0.1, 0.15) is 41.0 Å². The number of amides is 6. The highest BCUT2D eigenvalue weighted by atomic mass is 16.4. The number of para-hydroxylation sites is 1.